The number of halogens is 4. The number of carboxylic acid groups (broad SMARTS) is 1. The number of carbonyl (C=O) groups excluding carboxylic acids is 1. The van der Waals surface area contributed by atoms with Crippen molar-refractivity contribution < 1.29 is 37.0 Å². The lowest BCUT2D eigenvalue weighted by Gasteiger charge is -2.31. The number of ether oxygens (including phenoxy) is 1. The normalized spacial score (nSPS) is 12.9. The van der Waals surface area contributed by atoms with Crippen molar-refractivity contribution in [1.82, 2.24) is 5.32 Å². The van der Waals surface area contributed by atoms with Gasteiger partial charge >= 0.3 is 11.5 Å². The van der Waals surface area contributed by atoms with Gasteiger partial charge in [-0.15, -0.1) is 0 Å². The monoisotopic (exact) mass is 523 g/mol. The van der Waals surface area contributed by atoms with Crippen LogP contribution in [0.1, 0.15) is 43.1 Å². The average Bonchev–Trinajstić information content (AvgIpc) is 2.80. The van der Waals surface area contributed by atoms with Crippen LogP contribution >= 0.6 is 11.8 Å². The molecule has 0 aliphatic heterocycles. The molecule has 0 aliphatic rings. The number of aliphatic carboxylic acids is 1. The van der Waals surface area contributed by atoms with E-state index in [2.05, 4.69) is 5.32 Å². The van der Waals surface area contributed by atoms with Crippen LogP contribution in [0, 0.1) is 11.2 Å². The van der Waals surface area contributed by atoms with Gasteiger partial charge in [-0.2, -0.15) is 13.2 Å². The van der Waals surface area contributed by atoms with Gasteiger partial charge in [0.05, 0.1) is 5.56 Å². The number of benzene rings is 3. The molecule has 0 saturated carbocycles. The number of nitrogens with one attached hydrogen (secondary N) is 1. The summed E-state index contributed by atoms with van der Waals surface area (Å²) in [4.78, 5) is 25.1. The number of hydrogen-bond donors (Lipinski definition) is 2. The van der Waals surface area contributed by atoms with Crippen molar-refractivity contribution in [2.75, 3.05) is 0 Å². The van der Waals surface area contributed by atoms with Crippen LogP contribution in [0.3, 0.4) is 0 Å². The third kappa shape index (κ3) is 6.69. The van der Waals surface area contributed by atoms with Gasteiger partial charge in [-0.3, -0.25) is 4.79 Å². The van der Waals surface area contributed by atoms with Gasteiger partial charge in [0.15, 0.2) is 0 Å². The fourth-order valence-electron chi connectivity index (χ4n) is 3.55. The van der Waals surface area contributed by atoms with Crippen molar-refractivity contribution in [3.05, 3.63) is 71.5 Å². The Labute approximate surface area is 209 Å². The molecule has 0 aromatic heterocycles. The van der Waals surface area contributed by atoms with Crippen LogP contribution in [0.25, 0.3) is 10.8 Å². The summed E-state index contributed by atoms with van der Waals surface area (Å²) in [7, 11) is 0. The van der Waals surface area contributed by atoms with E-state index in [4.69, 9.17) is 4.74 Å². The molecular formula is C26H25F4NO4S. The summed E-state index contributed by atoms with van der Waals surface area (Å²) in [6, 6.07) is 11.3. The first-order valence-corrected chi connectivity index (χ1v) is 11.9. The first kappa shape index (κ1) is 27.3. The highest BCUT2D eigenvalue weighted by molar-refractivity contribution is 8.00. The zero-order valence-corrected chi connectivity index (χ0v) is 20.6. The highest BCUT2D eigenvalue weighted by Gasteiger charge is 2.36. The van der Waals surface area contributed by atoms with Crippen molar-refractivity contribution in [2.45, 2.75) is 50.2 Å². The lowest BCUT2D eigenvalue weighted by atomic mass is 9.81. The van der Waals surface area contributed by atoms with Crippen LogP contribution in [-0.2, 0) is 11.4 Å². The maximum Gasteiger partial charge on any atom is 0.446 e. The highest BCUT2D eigenvalue weighted by Crippen LogP contribution is 2.37. The van der Waals surface area contributed by atoms with Gasteiger partial charge < -0.3 is 15.2 Å². The molecule has 3 aromatic carbocycles. The van der Waals surface area contributed by atoms with E-state index < -0.39 is 34.7 Å². The van der Waals surface area contributed by atoms with Gasteiger partial charge in [0.25, 0.3) is 5.91 Å². The molecule has 0 bridgehead atoms. The maximum absolute atomic E-state index is 13.8. The van der Waals surface area contributed by atoms with Crippen LogP contribution in [0.4, 0.5) is 17.6 Å². The van der Waals surface area contributed by atoms with E-state index in [9.17, 15) is 32.3 Å². The minimum atomic E-state index is -4.40. The van der Waals surface area contributed by atoms with Crippen molar-refractivity contribution in [1.29, 1.82) is 0 Å². The molecule has 1 unspecified atom stereocenters. The number of hydrogen-bond acceptors (Lipinski definition) is 4. The van der Waals surface area contributed by atoms with Gasteiger partial charge in [-0.1, -0.05) is 39.0 Å². The number of amides is 1. The Bertz CT molecular complexity index is 1260. The Hall–Kier alpha value is -3.27. The van der Waals surface area contributed by atoms with Gasteiger partial charge in [0.2, 0.25) is 0 Å². The maximum atomic E-state index is 13.8. The molecule has 3 rings (SSSR count). The summed E-state index contributed by atoms with van der Waals surface area (Å²) in [6.45, 7) is 5.19. The van der Waals surface area contributed by atoms with Crippen molar-refractivity contribution in [3.63, 3.8) is 0 Å². The van der Waals surface area contributed by atoms with Crippen LogP contribution in [0.15, 0.2) is 59.5 Å². The van der Waals surface area contributed by atoms with Gasteiger partial charge in [-0.05, 0) is 70.9 Å². The smallest absolute Gasteiger partial charge is 0.446 e. The molecule has 0 aliphatic carbocycles. The topological polar surface area (TPSA) is 75.6 Å². The Morgan fingerprint density at radius 1 is 1.06 bits per heavy atom. The molecule has 36 heavy (non-hydrogen) atoms. The number of rotatable bonds is 9. The van der Waals surface area contributed by atoms with E-state index in [0.717, 1.165) is 0 Å². The predicted molar refractivity (Wildman–Crippen MR) is 130 cm³/mol. The van der Waals surface area contributed by atoms with Gasteiger partial charge in [-0.25, -0.2) is 9.18 Å². The van der Waals surface area contributed by atoms with E-state index in [-0.39, 0.29) is 34.6 Å². The molecule has 0 radical (unpaired) electrons. The molecule has 0 heterocycles. The summed E-state index contributed by atoms with van der Waals surface area (Å²) in [5.74, 6) is -2.24. The molecule has 5 nitrogen and oxygen atoms in total. The fraction of sp³-hybridized carbons (Fsp3) is 0.308. The first-order chi connectivity index (χ1) is 16.8. The summed E-state index contributed by atoms with van der Waals surface area (Å²) in [5.41, 5.74) is -4.55. The van der Waals surface area contributed by atoms with Gasteiger partial charge in [0, 0.05) is 10.3 Å². The number of carbonyl (C=O) groups is 2. The second-order valence-corrected chi connectivity index (χ2v) is 10.0. The molecule has 0 spiro atoms. The van der Waals surface area contributed by atoms with E-state index in [0.29, 0.717) is 22.8 Å². The third-order valence-corrected chi connectivity index (χ3v) is 6.67. The lowest BCUT2D eigenvalue weighted by molar-refractivity contribution is -0.142. The molecule has 2 N–H and O–H groups in total. The number of carboxylic acids is 1. The lowest BCUT2D eigenvalue weighted by Crippen LogP contribution is -2.50. The van der Waals surface area contributed by atoms with Crippen LogP contribution < -0.4 is 10.1 Å². The van der Waals surface area contributed by atoms with Crippen LogP contribution in [-0.4, -0.2) is 28.5 Å². The summed E-state index contributed by atoms with van der Waals surface area (Å²) in [5, 5.41) is 13.1. The zero-order chi connectivity index (χ0) is 26.7. The SMILES string of the molecule is CCC(C)(C)C(NC(=O)c1ccc2cc(F)ccc2c1OCc1ccc(SC(F)(F)F)cc1)C(=O)O. The molecule has 10 heteroatoms. The molecule has 3 aromatic rings. The first-order valence-electron chi connectivity index (χ1n) is 11.0. The van der Waals surface area contributed by atoms with Crippen LogP contribution in [0.2, 0.25) is 0 Å². The van der Waals surface area contributed by atoms with Crippen molar-refractivity contribution >= 4 is 34.4 Å². The van der Waals surface area contributed by atoms with Gasteiger partial charge in [0.1, 0.15) is 24.2 Å². The minimum Gasteiger partial charge on any atom is -0.487 e. The average molecular weight is 524 g/mol. The number of alkyl halides is 3. The number of fused-ring (bicyclic) bond motifs is 1. The third-order valence-electron chi connectivity index (χ3n) is 5.93. The number of thioether (sulfide) groups is 1. The van der Waals surface area contributed by atoms with Crippen molar-refractivity contribution in [3.8, 4) is 5.75 Å². The molecule has 1 atom stereocenters. The molecular weight excluding hydrogens is 498 g/mol. The summed E-state index contributed by atoms with van der Waals surface area (Å²) >= 11 is -0.232. The van der Waals surface area contributed by atoms with E-state index in [1.165, 1.54) is 54.6 Å². The molecule has 0 fully saturated rings. The Balaban J connectivity index is 1.93. The molecule has 0 saturated heterocycles. The summed E-state index contributed by atoms with van der Waals surface area (Å²) in [6.07, 6.45) is 0.493. The van der Waals surface area contributed by atoms with Crippen molar-refractivity contribution in [2.24, 2.45) is 5.41 Å². The van der Waals surface area contributed by atoms with E-state index in [1.54, 1.807) is 13.8 Å². The predicted octanol–water partition coefficient (Wildman–Crippen LogP) is 6.79. The minimum absolute atomic E-state index is 0.0187. The van der Waals surface area contributed by atoms with Crippen LogP contribution in [0.5, 0.6) is 5.75 Å². The summed E-state index contributed by atoms with van der Waals surface area (Å²) < 4.78 is 57.5. The van der Waals surface area contributed by atoms with E-state index in [1.807, 2.05) is 6.92 Å². The quantitative estimate of drug-likeness (QED) is 0.239. The van der Waals surface area contributed by atoms with E-state index >= 15 is 0 Å². The fourth-order valence-corrected chi connectivity index (χ4v) is 4.09. The zero-order valence-electron chi connectivity index (χ0n) is 19.8. The molecule has 192 valence electrons. The second kappa shape index (κ2) is 10.8. The highest BCUT2D eigenvalue weighted by atomic mass is 32.2. The Kier molecular flexibility index (Phi) is 8.18. The largest absolute Gasteiger partial charge is 0.487 e. The second-order valence-electron chi connectivity index (χ2n) is 8.87. The standard InChI is InChI=1S/C26H25F4NO4S/c1-4-25(2,3)22(24(33)34)31-23(32)20-11-7-16-13-17(27)8-12-19(16)21(20)35-14-15-5-9-18(10-6-15)36-26(28,29)30/h5-13,22H,4,14H2,1-3H3,(H,31,32)(H,33,34). The Morgan fingerprint density at radius 2 is 1.72 bits per heavy atom. The Morgan fingerprint density at radius 3 is 2.31 bits per heavy atom. The molecule has 1 amide bonds.